The highest BCUT2D eigenvalue weighted by atomic mass is 79.9. The number of hydrogen-bond donors (Lipinski definition) is 1. The fourth-order valence-corrected chi connectivity index (χ4v) is 2.26. The molecule has 0 aromatic carbocycles. The summed E-state index contributed by atoms with van der Waals surface area (Å²) in [5.74, 6) is 1.18. The van der Waals surface area contributed by atoms with Crippen molar-refractivity contribution < 1.29 is 0 Å². The third-order valence-corrected chi connectivity index (χ3v) is 3.36. The maximum atomic E-state index is 9.07. The number of nitrogens with zero attached hydrogens (tertiary/aromatic N) is 3. The van der Waals surface area contributed by atoms with Crippen LogP contribution in [0.3, 0.4) is 0 Å². The molecule has 1 aromatic rings. The summed E-state index contributed by atoms with van der Waals surface area (Å²) in [7, 11) is 0. The lowest BCUT2D eigenvalue weighted by Gasteiger charge is -2.18. The van der Waals surface area contributed by atoms with E-state index >= 15 is 0 Å². The van der Waals surface area contributed by atoms with Gasteiger partial charge >= 0.3 is 0 Å². The Morgan fingerprint density at radius 2 is 2.38 bits per heavy atom. The summed E-state index contributed by atoms with van der Waals surface area (Å²) in [5.41, 5.74) is 6.56. The molecule has 2 rings (SSSR count). The van der Waals surface area contributed by atoms with Gasteiger partial charge in [0.05, 0.1) is 5.56 Å². The summed E-state index contributed by atoms with van der Waals surface area (Å²) in [4.78, 5) is 6.38. The van der Waals surface area contributed by atoms with Gasteiger partial charge in [0.2, 0.25) is 0 Å². The molecule has 0 saturated carbocycles. The highest BCUT2D eigenvalue weighted by Crippen LogP contribution is 2.25. The molecule has 1 fully saturated rings. The minimum absolute atomic E-state index is 0.164. The van der Waals surface area contributed by atoms with E-state index in [9.17, 15) is 0 Å². The maximum Gasteiger partial charge on any atom is 0.146 e. The molecule has 5 heteroatoms. The van der Waals surface area contributed by atoms with E-state index in [1.807, 2.05) is 0 Å². The van der Waals surface area contributed by atoms with Gasteiger partial charge in [-0.05, 0) is 27.9 Å². The number of pyridine rings is 1. The van der Waals surface area contributed by atoms with E-state index in [1.165, 1.54) is 0 Å². The molecule has 1 saturated heterocycles. The minimum Gasteiger partial charge on any atom is -0.354 e. The Morgan fingerprint density at radius 1 is 1.62 bits per heavy atom. The Kier molecular flexibility index (Phi) is 3.13. The number of aromatic nitrogens is 1. The van der Waals surface area contributed by atoms with Crippen LogP contribution in [0.15, 0.2) is 16.7 Å². The molecule has 1 aliphatic heterocycles. The number of halogens is 1. The van der Waals surface area contributed by atoms with Crippen LogP contribution < -0.4 is 10.6 Å². The number of nitriles is 1. The molecule has 0 spiro atoms. The van der Waals surface area contributed by atoms with Gasteiger partial charge in [-0.1, -0.05) is 6.92 Å². The number of anilines is 1. The fraction of sp³-hybridized carbons (Fsp3) is 0.455. The van der Waals surface area contributed by atoms with Crippen molar-refractivity contribution in [1.82, 2.24) is 4.98 Å². The van der Waals surface area contributed by atoms with Crippen LogP contribution in [0.1, 0.15) is 12.5 Å². The van der Waals surface area contributed by atoms with Gasteiger partial charge in [0.15, 0.2) is 0 Å². The van der Waals surface area contributed by atoms with Crippen molar-refractivity contribution in [2.24, 2.45) is 11.7 Å². The van der Waals surface area contributed by atoms with Crippen molar-refractivity contribution in [3.8, 4) is 6.07 Å². The Hall–Kier alpha value is -1.12. The Bertz CT molecular complexity index is 430. The zero-order chi connectivity index (χ0) is 11.7. The summed E-state index contributed by atoms with van der Waals surface area (Å²) >= 11 is 3.31. The first-order valence-electron chi connectivity index (χ1n) is 5.18. The van der Waals surface area contributed by atoms with E-state index in [1.54, 1.807) is 12.3 Å². The molecule has 4 nitrogen and oxygen atoms in total. The number of nitrogens with two attached hydrogens (primary N) is 1. The standard InChI is InChI=1S/C11H13BrN4/c1-7-5-16(6-10(7)14)11-8(3-13)2-9(12)4-15-11/h2,4,7,10H,5-6,14H2,1H3. The molecule has 0 amide bonds. The van der Waals surface area contributed by atoms with Crippen LogP contribution in [0.2, 0.25) is 0 Å². The molecule has 2 heterocycles. The van der Waals surface area contributed by atoms with Gasteiger partial charge in [0.25, 0.3) is 0 Å². The molecule has 1 aliphatic rings. The van der Waals surface area contributed by atoms with E-state index < -0.39 is 0 Å². The smallest absolute Gasteiger partial charge is 0.146 e. The summed E-state index contributed by atoms with van der Waals surface area (Å²) < 4.78 is 0.823. The lowest BCUT2D eigenvalue weighted by Crippen LogP contribution is -2.29. The molecule has 0 bridgehead atoms. The van der Waals surface area contributed by atoms with Crippen molar-refractivity contribution in [1.29, 1.82) is 5.26 Å². The molecule has 2 unspecified atom stereocenters. The molecule has 2 atom stereocenters. The summed E-state index contributed by atoms with van der Waals surface area (Å²) in [6, 6.07) is 4.12. The third kappa shape index (κ3) is 2.04. The normalized spacial score (nSPS) is 24.5. The molecule has 0 radical (unpaired) electrons. The second-order valence-electron chi connectivity index (χ2n) is 4.18. The van der Waals surface area contributed by atoms with Gasteiger partial charge in [0.1, 0.15) is 11.9 Å². The van der Waals surface area contributed by atoms with Crippen molar-refractivity contribution in [2.45, 2.75) is 13.0 Å². The molecule has 1 aromatic heterocycles. The zero-order valence-corrected chi connectivity index (χ0v) is 10.6. The van der Waals surface area contributed by atoms with Crippen LogP contribution in [0.5, 0.6) is 0 Å². The first kappa shape index (κ1) is 11.4. The van der Waals surface area contributed by atoms with E-state index in [2.05, 4.69) is 38.8 Å². The van der Waals surface area contributed by atoms with Crippen LogP contribution in [0, 0.1) is 17.2 Å². The maximum absolute atomic E-state index is 9.07. The molecule has 0 aliphatic carbocycles. The Balaban J connectivity index is 2.32. The summed E-state index contributed by atoms with van der Waals surface area (Å²) in [6.45, 7) is 3.75. The Morgan fingerprint density at radius 3 is 2.94 bits per heavy atom. The monoisotopic (exact) mass is 280 g/mol. The average Bonchev–Trinajstić information content (AvgIpc) is 2.59. The van der Waals surface area contributed by atoms with Gasteiger partial charge in [-0.2, -0.15) is 5.26 Å². The van der Waals surface area contributed by atoms with E-state index in [4.69, 9.17) is 11.0 Å². The van der Waals surface area contributed by atoms with E-state index in [0.29, 0.717) is 11.5 Å². The van der Waals surface area contributed by atoms with Crippen molar-refractivity contribution >= 4 is 21.7 Å². The number of hydrogen-bond acceptors (Lipinski definition) is 4. The lowest BCUT2D eigenvalue weighted by atomic mass is 10.1. The van der Waals surface area contributed by atoms with Crippen LogP contribution in [0.4, 0.5) is 5.82 Å². The quantitative estimate of drug-likeness (QED) is 0.847. The first-order chi connectivity index (χ1) is 7.61. The highest BCUT2D eigenvalue weighted by Gasteiger charge is 2.28. The molecular formula is C11H13BrN4. The SMILES string of the molecule is CC1CN(c2ncc(Br)cc2C#N)CC1N. The van der Waals surface area contributed by atoms with Gasteiger partial charge in [-0.15, -0.1) is 0 Å². The average molecular weight is 281 g/mol. The number of rotatable bonds is 1. The summed E-state index contributed by atoms with van der Waals surface area (Å²) in [5, 5.41) is 9.07. The van der Waals surface area contributed by atoms with Gasteiger partial charge in [-0.3, -0.25) is 0 Å². The molecule has 2 N–H and O–H groups in total. The lowest BCUT2D eigenvalue weighted by molar-refractivity contribution is 0.566. The largest absolute Gasteiger partial charge is 0.354 e. The van der Waals surface area contributed by atoms with Crippen LogP contribution in [0.25, 0.3) is 0 Å². The predicted molar refractivity (Wildman–Crippen MR) is 66.0 cm³/mol. The molecule has 16 heavy (non-hydrogen) atoms. The van der Waals surface area contributed by atoms with Gasteiger partial charge in [0, 0.05) is 29.8 Å². The second-order valence-corrected chi connectivity index (χ2v) is 5.10. The van der Waals surface area contributed by atoms with Crippen LogP contribution in [-0.4, -0.2) is 24.1 Å². The minimum atomic E-state index is 0.164. The highest BCUT2D eigenvalue weighted by molar-refractivity contribution is 9.10. The van der Waals surface area contributed by atoms with Crippen molar-refractivity contribution in [3.63, 3.8) is 0 Å². The molecule has 84 valence electrons. The van der Waals surface area contributed by atoms with E-state index in [-0.39, 0.29) is 6.04 Å². The Labute approximate surface area is 103 Å². The van der Waals surface area contributed by atoms with Crippen molar-refractivity contribution in [3.05, 3.63) is 22.3 Å². The summed E-state index contributed by atoms with van der Waals surface area (Å²) in [6.07, 6.45) is 1.71. The first-order valence-corrected chi connectivity index (χ1v) is 5.97. The fourth-order valence-electron chi connectivity index (χ4n) is 1.93. The molecular weight excluding hydrogens is 268 g/mol. The van der Waals surface area contributed by atoms with Crippen molar-refractivity contribution in [2.75, 3.05) is 18.0 Å². The van der Waals surface area contributed by atoms with Crippen LogP contribution >= 0.6 is 15.9 Å². The third-order valence-electron chi connectivity index (χ3n) is 2.92. The van der Waals surface area contributed by atoms with Gasteiger partial charge in [-0.25, -0.2) is 4.98 Å². The second kappa shape index (κ2) is 4.40. The topological polar surface area (TPSA) is 65.9 Å². The van der Waals surface area contributed by atoms with Gasteiger partial charge < -0.3 is 10.6 Å². The van der Waals surface area contributed by atoms with Crippen LogP contribution in [-0.2, 0) is 0 Å². The zero-order valence-electron chi connectivity index (χ0n) is 9.02. The van der Waals surface area contributed by atoms with E-state index in [0.717, 1.165) is 23.4 Å². The predicted octanol–water partition coefficient (Wildman–Crippen LogP) is 1.50.